The molecular formula is C22H19N3S2. The third kappa shape index (κ3) is 3.58. The molecular weight excluding hydrogens is 370 g/mol. The van der Waals surface area contributed by atoms with E-state index in [2.05, 4.69) is 69.2 Å². The minimum Gasteiger partial charge on any atom is -0.292 e. The number of rotatable bonds is 4. The Bertz CT molecular complexity index is 1040. The van der Waals surface area contributed by atoms with Crippen molar-refractivity contribution in [3.05, 3.63) is 81.6 Å². The van der Waals surface area contributed by atoms with Crippen LogP contribution >= 0.6 is 22.7 Å². The maximum absolute atomic E-state index is 4.86. The second kappa shape index (κ2) is 7.35. The van der Waals surface area contributed by atoms with E-state index in [-0.39, 0.29) is 0 Å². The van der Waals surface area contributed by atoms with Gasteiger partial charge in [-0.1, -0.05) is 36.4 Å². The maximum Gasteiger partial charge on any atom is 0.169 e. The van der Waals surface area contributed by atoms with Gasteiger partial charge in [-0.05, 0) is 46.0 Å². The van der Waals surface area contributed by atoms with Crippen LogP contribution in [0.3, 0.4) is 0 Å². The lowest BCUT2D eigenvalue weighted by Gasteiger charge is -2.27. The van der Waals surface area contributed by atoms with Gasteiger partial charge in [-0.2, -0.15) is 0 Å². The topological polar surface area (TPSA) is 29.0 Å². The highest BCUT2D eigenvalue weighted by Crippen LogP contribution is 2.28. The Morgan fingerprint density at radius 2 is 1.93 bits per heavy atom. The normalized spacial score (nSPS) is 14.2. The van der Waals surface area contributed by atoms with Crippen LogP contribution in [0.1, 0.15) is 16.1 Å². The Morgan fingerprint density at radius 3 is 2.78 bits per heavy atom. The van der Waals surface area contributed by atoms with Gasteiger partial charge in [-0.15, -0.1) is 22.7 Å². The lowest BCUT2D eigenvalue weighted by Crippen LogP contribution is -2.30. The molecule has 0 saturated heterocycles. The molecule has 1 aliphatic rings. The standard InChI is InChI=1S/C22H19N3S2/c1-2-5-16(6-3-1)18-11-19(27-15-18)13-25-9-8-17-12-23-22(24-20(17)14-25)21-7-4-10-26-21/h1-7,10-12,15H,8-9,13-14H2. The van der Waals surface area contributed by atoms with Gasteiger partial charge in [0.25, 0.3) is 0 Å². The summed E-state index contributed by atoms with van der Waals surface area (Å²) in [5, 5.41) is 4.34. The first kappa shape index (κ1) is 16.8. The SMILES string of the molecule is c1ccc(-c2csc(CN3CCc4cnc(-c5cccs5)nc4C3)c2)cc1. The molecule has 0 spiro atoms. The largest absolute Gasteiger partial charge is 0.292 e. The van der Waals surface area contributed by atoms with Crippen molar-refractivity contribution in [2.45, 2.75) is 19.5 Å². The van der Waals surface area contributed by atoms with Crippen LogP contribution < -0.4 is 0 Å². The van der Waals surface area contributed by atoms with Gasteiger partial charge in [0, 0.05) is 30.7 Å². The predicted molar refractivity (Wildman–Crippen MR) is 113 cm³/mol. The zero-order valence-corrected chi connectivity index (χ0v) is 16.5. The third-order valence-corrected chi connectivity index (χ3v) is 6.69. The molecule has 5 heteroatoms. The maximum atomic E-state index is 4.86. The predicted octanol–water partition coefficient (Wildman–Crippen LogP) is 5.49. The van der Waals surface area contributed by atoms with Gasteiger partial charge in [0.15, 0.2) is 5.82 Å². The number of hydrogen-bond acceptors (Lipinski definition) is 5. The Hall–Kier alpha value is -2.34. The molecule has 0 unspecified atom stereocenters. The zero-order chi connectivity index (χ0) is 18.1. The van der Waals surface area contributed by atoms with E-state index in [1.807, 2.05) is 17.5 Å². The second-order valence-corrected chi connectivity index (χ2v) is 8.71. The highest BCUT2D eigenvalue weighted by molar-refractivity contribution is 7.13. The molecule has 0 aliphatic carbocycles. The number of fused-ring (bicyclic) bond motifs is 1. The summed E-state index contributed by atoms with van der Waals surface area (Å²) in [5.41, 5.74) is 5.08. The molecule has 0 saturated carbocycles. The molecule has 27 heavy (non-hydrogen) atoms. The van der Waals surface area contributed by atoms with E-state index in [4.69, 9.17) is 4.98 Å². The molecule has 0 bridgehead atoms. The van der Waals surface area contributed by atoms with Gasteiger partial charge in [0.2, 0.25) is 0 Å². The van der Waals surface area contributed by atoms with Crippen molar-refractivity contribution >= 4 is 22.7 Å². The Morgan fingerprint density at radius 1 is 1.00 bits per heavy atom. The Balaban J connectivity index is 1.32. The van der Waals surface area contributed by atoms with E-state index in [0.29, 0.717) is 0 Å². The molecule has 4 aromatic rings. The monoisotopic (exact) mass is 389 g/mol. The van der Waals surface area contributed by atoms with Crippen molar-refractivity contribution in [3.8, 4) is 21.8 Å². The second-order valence-electron chi connectivity index (χ2n) is 6.77. The van der Waals surface area contributed by atoms with E-state index < -0.39 is 0 Å². The number of nitrogens with zero attached hydrogens (tertiary/aromatic N) is 3. The fourth-order valence-electron chi connectivity index (χ4n) is 3.48. The highest BCUT2D eigenvalue weighted by atomic mass is 32.1. The molecule has 0 fully saturated rings. The summed E-state index contributed by atoms with van der Waals surface area (Å²) in [4.78, 5) is 14.5. The average Bonchev–Trinajstić information content (AvgIpc) is 3.40. The van der Waals surface area contributed by atoms with Crippen molar-refractivity contribution in [1.29, 1.82) is 0 Å². The van der Waals surface area contributed by atoms with Crippen LogP contribution in [0.15, 0.2) is 65.5 Å². The summed E-state index contributed by atoms with van der Waals surface area (Å²) < 4.78 is 0. The summed E-state index contributed by atoms with van der Waals surface area (Å²) >= 11 is 3.54. The van der Waals surface area contributed by atoms with Crippen molar-refractivity contribution in [2.75, 3.05) is 6.54 Å². The van der Waals surface area contributed by atoms with Gasteiger partial charge in [0.05, 0.1) is 10.6 Å². The molecule has 0 radical (unpaired) electrons. The fourth-order valence-corrected chi connectivity index (χ4v) is 5.08. The molecule has 5 rings (SSSR count). The van der Waals surface area contributed by atoms with Crippen molar-refractivity contribution < 1.29 is 0 Å². The van der Waals surface area contributed by atoms with Crippen LogP contribution in [0.4, 0.5) is 0 Å². The highest BCUT2D eigenvalue weighted by Gasteiger charge is 2.20. The van der Waals surface area contributed by atoms with Crippen LogP contribution in [0.25, 0.3) is 21.8 Å². The van der Waals surface area contributed by atoms with E-state index in [1.54, 1.807) is 11.3 Å². The van der Waals surface area contributed by atoms with E-state index >= 15 is 0 Å². The Kier molecular flexibility index (Phi) is 4.57. The van der Waals surface area contributed by atoms with Gasteiger partial charge < -0.3 is 0 Å². The molecule has 3 aromatic heterocycles. The van der Waals surface area contributed by atoms with Crippen molar-refractivity contribution in [3.63, 3.8) is 0 Å². The summed E-state index contributed by atoms with van der Waals surface area (Å²) in [5.74, 6) is 0.855. The van der Waals surface area contributed by atoms with Gasteiger partial charge in [0.1, 0.15) is 0 Å². The van der Waals surface area contributed by atoms with Crippen LogP contribution in [-0.2, 0) is 19.5 Å². The molecule has 134 valence electrons. The van der Waals surface area contributed by atoms with Crippen LogP contribution in [0.5, 0.6) is 0 Å². The lowest BCUT2D eigenvalue weighted by atomic mass is 10.1. The van der Waals surface area contributed by atoms with E-state index in [1.165, 1.54) is 27.3 Å². The zero-order valence-electron chi connectivity index (χ0n) is 14.8. The molecule has 3 nitrogen and oxygen atoms in total. The number of aromatic nitrogens is 2. The summed E-state index contributed by atoms with van der Waals surface area (Å²) in [6.45, 7) is 2.94. The molecule has 4 heterocycles. The number of benzene rings is 1. The van der Waals surface area contributed by atoms with Gasteiger partial charge in [-0.3, -0.25) is 4.90 Å². The molecule has 0 amide bonds. The fraction of sp³-hybridized carbons (Fsp3) is 0.182. The minimum atomic E-state index is 0.855. The summed E-state index contributed by atoms with van der Waals surface area (Å²) in [7, 11) is 0. The summed E-state index contributed by atoms with van der Waals surface area (Å²) in [6.07, 6.45) is 3.05. The van der Waals surface area contributed by atoms with Crippen molar-refractivity contribution in [1.82, 2.24) is 14.9 Å². The van der Waals surface area contributed by atoms with Crippen LogP contribution in [-0.4, -0.2) is 21.4 Å². The van der Waals surface area contributed by atoms with Gasteiger partial charge in [-0.25, -0.2) is 9.97 Å². The van der Waals surface area contributed by atoms with Gasteiger partial charge >= 0.3 is 0 Å². The summed E-state index contributed by atoms with van der Waals surface area (Å²) in [6, 6.07) is 17.1. The first-order valence-corrected chi connectivity index (χ1v) is 10.8. The average molecular weight is 390 g/mol. The quantitative estimate of drug-likeness (QED) is 0.462. The first-order chi connectivity index (χ1) is 13.3. The minimum absolute atomic E-state index is 0.855. The van der Waals surface area contributed by atoms with E-state index in [9.17, 15) is 0 Å². The van der Waals surface area contributed by atoms with Crippen LogP contribution in [0.2, 0.25) is 0 Å². The molecule has 0 atom stereocenters. The lowest BCUT2D eigenvalue weighted by molar-refractivity contribution is 0.243. The number of hydrogen-bond donors (Lipinski definition) is 0. The third-order valence-electron chi connectivity index (χ3n) is 4.91. The van der Waals surface area contributed by atoms with Crippen LogP contribution in [0, 0.1) is 0 Å². The molecule has 1 aliphatic heterocycles. The van der Waals surface area contributed by atoms with Crippen molar-refractivity contribution in [2.24, 2.45) is 0 Å². The number of thiophene rings is 2. The first-order valence-electron chi connectivity index (χ1n) is 9.09. The Labute approximate surface area is 167 Å². The molecule has 0 N–H and O–H groups in total. The molecule has 1 aromatic carbocycles. The van der Waals surface area contributed by atoms with E-state index in [0.717, 1.165) is 36.8 Å². The smallest absolute Gasteiger partial charge is 0.169 e.